The lowest BCUT2D eigenvalue weighted by atomic mass is 10.1. The van der Waals surface area contributed by atoms with Gasteiger partial charge in [-0.1, -0.05) is 26.8 Å². The largest absolute Gasteiger partial charge is 0.369 e. The molecule has 0 heterocycles. The van der Waals surface area contributed by atoms with Gasteiger partial charge in [0.1, 0.15) is 0 Å². The minimum atomic E-state index is 0.712. The van der Waals surface area contributed by atoms with Crippen molar-refractivity contribution in [3.8, 4) is 0 Å². The lowest BCUT2D eigenvalue weighted by Gasteiger charge is -2.25. The van der Waals surface area contributed by atoms with Crippen LogP contribution < -0.4 is 10.2 Å². The molecule has 0 bridgehead atoms. The molecule has 1 aromatic carbocycles. The monoisotopic (exact) mass is 274 g/mol. The number of hydrogen-bond acceptors (Lipinski definition) is 2. The van der Waals surface area contributed by atoms with Gasteiger partial charge in [0, 0.05) is 24.8 Å². The van der Waals surface area contributed by atoms with Gasteiger partial charge in [0.05, 0.1) is 0 Å². The second kappa shape index (κ2) is 7.12. The molecule has 1 aliphatic rings. The molecule has 1 fully saturated rings. The van der Waals surface area contributed by atoms with Gasteiger partial charge in [0.2, 0.25) is 0 Å². The molecule has 1 aliphatic carbocycles. The standard InChI is InChI=1S/C18H30N2/c1-5-10-20(17-8-9-17)18-7-6-16(15(4)11-18)13-19-12-14(2)3/h6-7,11,14,17,19H,5,8-10,12-13H2,1-4H3. The summed E-state index contributed by atoms with van der Waals surface area (Å²) >= 11 is 0. The number of hydrogen-bond donors (Lipinski definition) is 1. The van der Waals surface area contributed by atoms with Crippen LogP contribution in [0.4, 0.5) is 5.69 Å². The van der Waals surface area contributed by atoms with Crippen LogP contribution in [0.25, 0.3) is 0 Å². The molecule has 0 radical (unpaired) electrons. The van der Waals surface area contributed by atoms with Crippen molar-refractivity contribution >= 4 is 5.69 Å². The first-order chi connectivity index (χ1) is 9.61. The highest BCUT2D eigenvalue weighted by Gasteiger charge is 2.28. The lowest BCUT2D eigenvalue weighted by Crippen LogP contribution is -2.26. The molecular weight excluding hydrogens is 244 g/mol. The SMILES string of the molecule is CCCN(c1ccc(CNCC(C)C)c(C)c1)C1CC1. The number of nitrogens with zero attached hydrogens (tertiary/aromatic N) is 1. The maximum Gasteiger partial charge on any atom is 0.0371 e. The molecule has 0 atom stereocenters. The van der Waals surface area contributed by atoms with Crippen LogP contribution in [0, 0.1) is 12.8 Å². The van der Waals surface area contributed by atoms with Crippen LogP contribution in [0.1, 0.15) is 51.2 Å². The van der Waals surface area contributed by atoms with Gasteiger partial charge in [-0.05, 0) is 61.9 Å². The number of benzene rings is 1. The lowest BCUT2D eigenvalue weighted by molar-refractivity contribution is 0.551. The Kier molecular flexibility index (Phi) is 5.47. The van der Waals surface area contributed by atoms with Gasteiger partial charge in [0.25, 0.3) is 0 Å². The predicted octanol–water partition coefficient (Wildman–Crippen LogP) is 4.12. The molecule has 20 heavy (non-hydrogen) atoms. The van der Waals surface area contributed by atoms with Gasteiger partial charge in [-0.15, -0.1) is 0 Å². The summed E-state index contributed by atoms with van der Waals surface area (Å²) in [5.41, 5.74) is 4.27. The molecule has 112 valence electrons. The van der Waals surface area contributed by atoms with Crippen molar-refractivity contribution in [1.82, 2.24) is 5.32 Å². The van der Waals surface area contributed by atoms with E-state index in [0.717, 1.165) is 19.1 Å². The highest BCUT2D eigenvalue weighted by molar-refractivity contribution is 5.52. The first-order valence-electron chi connectivity index (χ1n) is 8.18. The van der Waals surface area contributed by atoms with Crippen LogP contribution in [0.15, 0.2) is 18.2 Å². The summed E-state index contributed by atoms with van der Waals surface area (Å²) in [4.78, 5) is 2.60. The minimum absolute atomic E-state index is 0.712. The molecule has 0 spiro atoms. The highest BCUT2D eigenvalue weighted by Crippen LogP contribution is 2.32. The van der Waals surface area contributed by atoms with Gasteiger partial charge in [-0.25, -0.2) is 0 Å². The van der Waals surface area contributed by atoms with E-state index in [2.05, 4.69) is 56.1 Å². The van der Waals surface area contributed by atoms with E-state index in [9.17, 15) is 0 Å². The highest BCUT2D eigenvalue weighted by atomic mass is 15.2. The summed E-state index contributed by atoms with van der Waals surface area (Å²) in [6, 6.07) is 7.80. The fourth-order valence-electron chi connectivity index (χ4n) is 2.70. The minimum Gasteiger partial charge on any atom is -0.369 e. The first-order valence-corrected chi connectivity index (χ1v) is 8.18. The van der Waals surface area contributed by atoms with Crippen molar-refractivity contribution in [3.63, 3.8) is 0 Å². The molecule has 0 aromatic heterocycles. The Morgan fingerprint density at radius 3 is 2.60 bits per heavy atom. The van der Waals surface area contributed by atoms with Gasteiger partial charge >= 0.3 is 0 Å². The van der Waals surface area contributed by atoms with E-state index in [1.807, 2.05) is 0 Å². The van der Waals surface area contributed by atoms with Crippen molar-refractivity contribution < 1.29 is 0 Å². The zero-order valence-corrected chi connectivity index (χ0v) is 13.6. The Bertz CT molecular complexity index is 421. The number of aryl methyl sites for hydroxylation is 1. The molecular formula is C18H30N2. The molecule has 1 N–H and O–H groups in total. The average molecular weight is 274 g/mol. The van der Waals surface area contributed by atoms with Gasteiger partial charge in [-0.2, -0.15) is 0 Å². The summed E-state index contributed by atoms with van der Waals surface area (Å²) in [6.45, 7) is 12.3. The van der Waals surface area contributed by atoms with Crippen LogP contribution in [0.2, 0.25) is 0 Å². The smallest absolute Gasteiger partial charge is 0.0371 e. The molecule has 0 amide bonds. The number of anilines is 1. The third-order valence-electron chi connectivity index (χ3n) is 3.98. The molecule has 0 unspecified atom stereocenters. The summed E-state index contributed by atoms with van der Waals surface area (Å²) in [5, 5.41) is 3.54. The third kappa shape index (κ3) is 4.24. The summed E-state index contributed by atoms with van der Waals surface area (Å²) in [6.07, 6.45) is 3.97. The van der Waals surface area contributed by atoms with Gasteiger partial charge < -0.3 is 10.2 Å². The molecule has 0 aliphatic heterocycles. The fraction of sp³-hybridized carbons (Fsp3) is 0.667. The van der Waals surface area contributed by atoms with Gasteiger partial charge in [-0.3, -0.25) is 0 Å². The Hall–Kier alpha value is -1.02. The van der Waals surface area contributed by atoms with E-state index in [1.165, 1.54) is 42.6 Å². The van der Waals surface area contributed by atoms with Crippen molar-refractivity contribution in [2.24, 2.45) is 5.92 Å². The maximum atomic E-state index is 3.54. The van der Waals surface area contributed by atoms with Crippen LogP contribution in [0.5, 0.6) is 0 Å². The quantitative estimate of drug-likeness (QED) is 0.767. The Morgan fingerprint density at radius 2 is 2.05 bits per heavy atom. The zero-order chi connectivity index (χ0) is 14.5. The molecule has 1 aromatic rings. The topological polar surface area (TPSA) is 15.3 Å². The van der Waals surface area contributed by atoms with Gasteiger partial charge in [0.15, 0.2) is 0 Å². The van der Waals surface area contributed by atoms with Crippen molar-refractivity contribution in [2.45, 2.75) is 59.5 Å². The molecule has 0 saturated heterocycles. The van der Waals surface area contributed by atoms with E-state index in [0.29, 0.717) is 5.92 Å². The van der Waals surface area contributed by atoms with E-state index >= 15 is 0 Å². The van der Waals surface area contributed by atoms with Crippen molar-refractivity contribution in [2.75, 3.05) is 18.0 Å². The Morgan fingerprint density at radius 1 is 1.30 bits per heavy atom. The van der Waals surface area contributed by atoms with E-state index in [-0.39, 0.29) is 0 Å². The third-order valence-corrected chi connectivity index (χ3v) is 3.98. The second-order valence-corrected chi connectivity index (χ2v) is 6.56. The number of nitrogens with one attached hydrogen (secondary N) is 1. The molecule has 2 rings (SSSR count). The second-order valence-electron chi connectivity index (χ2n) is 6.56. The first kappa shape index (κ1) is 15.4. The van der Waals surface area contributed by atoms with Crippen molar-refractivity contribution in [1.29, 1.82) is 0 Å². The number of rotatable bonds is 8. The maximum absolute atomic E-state index is 3.54. The Balaban J connectivity index is 2.00. The van der Waals surface area contributed by atoms with E-state index in [4.69, 9.17) is 0 Å². The van der Waals surface area contributed by atoms with Crippen LogP contribution in [0.3, 0.4) is 0 Å². The van der Waals surface area contributed by atoms with E-state index < -0.39 is 0 Å². The Labute approximate surface area is 124 Å². The summed E-state index contributed by atoms with van der Waals surface area (Å²) < 4.78 is 0. The zero-order valence-electron chi connectivity index (χ0n) is 13.6. The summed E-state index contributed by atoms with van der Waals surface area (Å²) in [5.74, 6) is 0.712. The summed E-state index contributed by atoms with van der Waals surface area (Å²) in [7, 11) is 0. The van der Waals surface area contributed by atoms with Crippen molar-refractivity contribution in [3.05, 3.63) is 29.3 Å². The average Bonchev–Trinajstić information content (AvgIpc) is 3.22. The normalized spacial score (nSPS) is 14.8. The fourth-order valence-corrected chi connectivity index (χ4v) is 2.70. The van der Waals surface area contributed by atoms with Crippen LogP contribution >= 0.6 is 0 Å². The van der Waals surface area contributed by atoms with Crippen LogP contribution in [-0.4, -0.2) is 19.1 Å². The molecule has 2 heteroatoms. The predicted molar refractivity (Wildman–Crippen MR) is 88.4 cm³/mol. The van der Waals surface area contributed by atoms with Crippen LogP contribution in [-0.2, 0) is 6.54 Å². The van der Waals surface area contributed by atoms with E-state index in [1.54, 1.807) is 0 Å². The molecule has 2 nitrogen and oxygen atoms in total. The molecule has 1 saturated carbocycles.